The standard InChI is InChI=1S/C7H14N4O2/c1-2-4-6(5-3-1)8-7-9-12-11-13-10-7/h6,11H,1-5H2,(H2,8,9,10). The summed E-state index contributed by atoms with van der Waals surface area (Å²) < 4.78 is 9.12. The minimum Gasteiger partial charge on any atom is -0.348 e. The molecule has 0 atom stereocenters. The van der Waals surface area contributed by atoms with Gasteiger partial charge in [-0.25, -0.2) is 4.63 Å². The van der Waals surface area contributed by atoms with Crippen molar-refractivity contribution >= 4 is 5.95 Å². The average Bonchev–Trinajstić information content (AvgIpc) is 2.21. The highest BCUT2D eigenvalue weighted by Crippen LogP contribution is 2.19. The van der Waals surface area contributed by atoms with Crippen LogP contribution in [-0.4, -0.2) is 21.7 Å². The van der Waals surface area contributed by atoms with E-state index in [9.17, 15) is 0 Å². The lowest BCUT2D eigenvalue weighted by Gasteiger charge is -2.21. The van der Waals surface area contributed by atoms with E-state index < -0.39 is 0 Å². The van der Waals surface area contributed by atoms with Crippen LogP contribution < -0.4 is 5.32 Å². The predicted molar refractivity (Wildman–Crippen MR) is 45.6 cm³/mol. The monoisotopic (exact) mass is 186 g/mol. The molecule has 0 saturated heterocycles. The van der Waals surface area contributed by atoms with E-state index >= 15 is 0 Å². The summed E-state index contributed by atoms with van der Waals surface area (Å²) in [6.07, 6.45) is 6.28. The number of aromatic nitrogens is 3. The molecule has 6 nitrogen and oxygen atoms in total. The number of rotatable bonds is 2. The third kappa shape index (κ3) is 2.30. The maximum Gasteiger partial charge on any atom is 0.272 e. The van der Waals surface area contributed by atoms with E-state index in [-0.39, 0.29) is 0 Å². The molecule has 0 unspecified atom stereocenters. The molecule has 1 aliphatic carbocycles. The summed E-state index contributed by atoms with van der Waals surface area (Å²) in [5.41, 5.74) is 0. The van der Waals surface area contributed by atoms with Crippen LogP contribution in [0.1, 0.15) is 32.1 Å². The fourth-order valence-electron chi connectivity index (χ4n) is 1.67. The van der Waals surface area contributed by atoms with Crippen LogP contribution in [0.3, 0.4) is 0 Å². The molecular formula is C7H14N4O2. The predicted octanol–water partition coefficient (Wildman–Crippen LogP) is 1.79. The summed E-state index contributed by atoms with van der Waals surface area (Å²) in [6.45, 7) is 0. The van der Waals surface area contributed by atoms with Crippen LogP contribution in [0.5, 0.6) is 0 Å². The molecular weight excluding hydrogens is 172 g/mol. The van der Waals surface area contributed by atoms with Crippen LogP contribution in [0.4, 0.5) is 5.95 Å². The smallest absolute Gasteiger partial charge is 0.272 e. The molecule has 1 aromatic rings. The maximum atomic E-state index is 4.61. The van der Waals surface area contributed by atoms with Gasteiger partial charge in [0.05, 0.1) is 0 Å². The molecule has 2 rings (SSSR count). The van der Waals surface area contributed by atoms with Crippen LogP contribution in [0.25, 0.3) is 0 Å². The molecule has 6 heteroatoms. The molecule has 1 saturated carbocycles. The summed E-state index contributed by atoms with van der Waals surface area (Å²) >= 11 is 0. The van der Waals surface area contributed by atoms with Gasteiger partial charge in [0.1, 0.15) is 0 Å². The number of nitrogens with zero attached hydrogens (tertiary/aromatic N) is 1. The Balaban J connectivity index is 1.90. The Morgan fingerprint density at radius 1 is 1.31 bits per heavy atom. The molecule has 3 N–H and O–H groups in total. The van der Waals surface area contributed by atoms with E-state index in [1.165, 1.54) is 32.1 Å². The van der Waals surface area contributed by atoms with E-state index in [4.69, 9.17) is 0 Å². The Labute approximate surface area is 75.2 Å². The van der Waals surface area contributed by atoms with Crippen LogP contribution >= 0.6 is 0 Å². The van der Waals surface area contributed by atoms with Crippen molar-refractivity contribution in [2.75, 3.05) is 5.32 Å². The molecule has 1 heterocycles. The first-order chi connectivity index (χ1) is 6.45. The topological polar surface area (TPSA) is 82.8 Å². The average molecular weight is 186 g/mol. The second-order valence-corrected chi connectivity index (χ2v) is 3.30. The number of aromatic amines is 2. The second kappa shape index (κ2) is 4.06. The highest BCUT2D eigenvalue weighted by atomic mass is 16.8. The molecule has 0 aromatic carbocycles. The fourth-order valence-corrected chi connectivity index (χ4v) is 1.67. The zero-order chi connectivity index (χ0) is 8.93. The van der Waals surface area contributed by atoms with E-state index in [0.29, 0.717) is 12.0 Å². The molecule has 0 bridgehead atoms. The third-order valence-electron chi connectivity index (χ3n) is 2.31. The summed E-state index contributed by atoms with van der Waals surface area (Å²) in [5.74, 6) is 0.533. The van der Waals surface area contributed by atoms with Crippen molar-refractivity contribution in [3.05, 3.63) is 0 Å². The van der Waals surface area contributed by atoms with Crippen molar-refractivity contribution in [3.8, 4) is 0 Å². The Kier molecular flexibility index (Phi) is 2.59. The fraction of sp³-hybridized carbons (Fsp3) is 0.857. The van der Waals surface area contributed by atoms with Crippen LogP contribution in [-0.2, 0) is 0 Å². The SMILES string of the molecule is C1CCC(Nc2no[nH]o[nH]2)CC1. The second-order valence-electron chi connectivity index (χ2n) is 3.30. The van der Waals surface area contributed by atoms with Crippen molar-refractivity contribution in [2.24, 2.45) is 0 Å². The number of hydrogen-bond acceptors (Lipinski definition) is 4. The molecule has 13 heavy (non-hydrogen) atoms. The normalized spacial score (nSPS) is 18.5. The van der Waals surface area contributed by atoms with Crippen LogP contribution in [0.2, 0.25) is 0 Å². The first kappa shape index (κ1) is 8.28. The van der Waals surface area contributed by atoms with Crippen molar-refractivity contribution < 1.29 is 9.26 Å². The lowest BCUT2D eigenvalue weighted by atomic mass is 9.96. The van der Waals surface area contributed by atoms with E-state index in [0.717, 1.165) is 0 Å². The van der Waals surface area contributed by atoms with Crippen molar-refractivity contribution in [1.29, 1.82) is 0 Å². The largest absolute Gasteiger partial charge is 0.348 e. The van der Waals surface area contributed by atoms with Gasteiger partial charge < -0.3 is 5.32 Å². The Bertz CT molecular complexity index is 250. The van der Waals surface area contributed by atoms with E-state index in [1.54, 1.807) is 0 Å². The van der Waals surface area contributed by atoms with Gasteiger partial charge in [0.15, 0.2) is 0 Å². The summed E-state index contributed by atoms with van der Waals surface area (Å²) in [7, 11) is 0. The maximum absolute atomic E-state index is 4.61. The third-order valence-corrected chi connectivity index (χ3v) is 2.31. The zero-order valence-electron chi connectivity index (χ0n) is 7.38. The lowest BCUT2D eigenvalue weighted by Crippen LogP contribution is -2.23. The summed E-state index contributed by atoms with van der Waals surface area (Å²) in [6, 6.07) is 0.491. The van der Waals surface area contributed by atoms with Gasteiger partial charge in [0.2, 0.25) is 0 Å². The van der Waals surface area contributed by atoms with E-state index in [1.807, 2.05) is 0 Å². The van der Waals surface area contributed by atoms with Gasteiger partial charge in [0, 0.05) is 6.04 Å². The zero-order valence-corrected chi connectivity index (χ0v) is 7.38. The van der Waals surface area contributed by atoms with Gasteiger partial charge in [-0.3, -0.25) is 4.63 Å². The summed E-state index contributed by atoms with van der Waals surface area (Å²) in [5, 5.41) is 11.6. The lowest BCUT2D eigenvalue weighted by molar-refractivity contribution is 0.0742. The molecule has 74 valence electrons. The van der Waals surface area contributed by atoms with Crippen molar-refractivity contribution in [2.45, 2.75) is 38.1 Å². The van der Waals surface area contributed by atoms with Crippen molar-refractivity contribution in [3.63, 3.8) is 0 Å². The number of nitrogens with one attached hydrogen (secondary N) is 3. The van der Waals surface area contributed by atoms with Crippen LogP contribution in [0.15, 0.2) is 9.26 Å². The van der Waals surface area contributed by atoms with Crippen LogP contribution in [0, 0.1) is 0 Å². The van der Waals surface area contributed by atoms with Gasteiger partial charge in [-0.2, -0.15) is 5.16 Å². The quantitative estimate of drug-likeness (QED) is 0.657. The van der Waals surface area contributed by atoms with Gasteiger partial charge in [0.25, 0.3) is 5.95 Å². The summed E-state index contributed by atoms with van der Waals surface area (Å²) in [4.78, 5) is 0. The minimum absolute atomic E-state index is 0.491. The number of anilines is 1. The van der Waals surface area contributed by atoms with Gasteiger partial charge in [-0.15, -0.1) is 0 Å². The Morgan fingerprint density at radius 2 is 2.15 bits per heavy atom. The van der Waals surface area contributed by atoms with Gasteiger partial charge in [-0.1, -0.05) is 19.3 Å². The molecule has 1 aromatic heterocycles. The highest BCUT2D eigenvalue weighted by Gasteiger charge is 2.13. The highest BCUT2D eigenvalue weighted by molar-refractivity contribution is 5.19. The first-order valence-electron chi connectivity index (χ1n) is 4.62. The first-order valence-corrected chi connectivity index (χ1v) is 4.62. The molecule has 0 amide bonds. The molecule has 0 aliphatic heterocycles. The number of hydrogen-bond donors (Lipinski definition) is 3. The minimum atomic E-state index is 0.491. The molecule has 1 fully saturated rings. The molecule has 0 spiro atoms. The molecule has 0 radical (unpaired) electrons. The van der Waals surface area contributed by atoms with Gasteiger partial charge >= 0.3 is 0 Å². The molecule has 1 aliphatic rings. The van der Waals surface area contributed by atoms with Crippen molar-refractivity contribution in [1.82, 2.24) is 15.6 Å². The van der Waals surface area contributed by atoms with E-state index in [2.05, 4.69) is 30.2 Å². The Hall–Kier alpha value is -1.33. The Morgan fingerprint density at radius 3 is 2.85 bits per heavy atom. The number of H-pyrrole nitrogens is 2. The van der Waals surface area contributed by atoms with Gasteiger partial charge in [-0.05, 0) is 23.3 Å².